The number of nitrogens with one attached hydrogen (secondary N) is 1. The van der Waals surface area contributed by atoms with E-state index in [0.29, 0.717) is 0 Å². The highest BCUT2D eigenvalue weighted by Gasteiger charge is 2.28. The Hall–Kier alpha value is -3.70. The van der Waals surface area contributed by atoms with Gasteiger partial charge in [-0.15, -0.1) is 0 Å². The number of hydrazone groups is 1. The summed E-state index contributed by atoms with van der Waals surface area (Å²) in [7, 11) is 0. The number of carbonyl (C=O) groups excluding carboxylic acids is 1. The number of hydrogen-bond acceptors (Lipinski definition) is 2. The van der Waals surface area contributed by atoms with Gasteiger partial charge in [-0.2, -0.15) is 5.10 Å². The van der Waals surface area contributed by atoms with Gasteiger partial charge in [0.05, 0.1) is 17.6 Å². The molecule has 0 unspecified atom stereocenters. The van der Waals surface area contributed by atoms with Crippen LogP contribution in [0.3, 0.4) is 0 Å². The monoisotopic (exact) mass is 509 g/mol. The molecular formula is C29H24BrN3O. The minimum absolute atomic E-state index is 0.0227. The molecule has 0 saturated heterocycles. The Balaban J connectivity index is 1.63. The van der Waals surface area contributed by atoms with E-state index in [9.17, 15) is 4.79 Å². The molecule has 0 atom stereocenters. The van der Waals surface area contributed by atoms with E-state index in [4.69, 9.17) is 0 Å². The van der Waals surface area contributed by atoms with E-state index in [2.05, 4.69) is 80.1 Å². The fourth-order valence-electron chi connectivity index (χ4n) is 4.28. The Morgan fingerprint density at radius 1 is 0.941 bits per heavy atom. The topological polar surface area (TPSA) is 46.4 Å². The average Bonchev–Trinajstić information content (AvgIpc) is 3.23. The van der Waals surface area contributed by atoms with Gasteiger partial charge in [0.25, 0.3) is 0 Å². The second-order valence-electron chi connectivity index (χ2n) is 8.47. The third-order valence-electron chi connectivity index (χ3n) is 6.05. The van der Waals surface area contributed by atoms with Crippen molar-refractivity contribution in [3.05, 3.63) is 113 Å². The van der Waals surface area contributed by atoms with Crippen LogP contribution in [0, 0.1) is 5.92 Å². The highest BCUT2D eigenvalue weighted by atomic mass is 79.9. The van der Waals surface area contributed by atoms with Gasteiger partial charge in [-0.1, -0.05) is 88.7 Å². The number of benzene rings is 3. The maximum Gasteiger partial charge on any atom is 0.243 e. The fourth-order valence-corrected chi connectivity index (χ4v) is 4.54. The number of halogens is 1. The number of allylic oxidation sites excluding steroid dienone is 1. The van der Waals surface area contributed by atoms with Gasteiger partial charge < -0.3 is 4.57 Å². The summed E-state index contributed by atoms with van der Waals surface area (Å²) in [4.78, 5) is 12.4. The lowest BCUT2D eigenvalue weighted by Crippen LogP contribution is -2.32. The van der Waals surface area contributed by atoms with Crippen molar-refractivity contribution in [2.75, 3.05) is 0 Å². The van der Waals surface area contributed by atoms with E-state index in [0.717, 1.165) is 56.7 Å². The number of carbonyl (C=O) groups is 1. The molecule has 4 aromatic rings. The Morgan fingerprint density at radius 3 is 2.18 bits per heavy atom. The molecule has 0 bridgehead atoms. The van der Waals surface area contributed by atoms with Crippen molar-refractivity contribution in [3.63, 3.8) is 0 Å². The number of nitrogens with zero attached hydrogens (tertiary/aromatic N) is 2. The SMILES string of the molecule is C=C1CC(C(=O)N/N=C/c2cc(-c3ccccc3)n(-c3ccc(Br)cc3)c2-c2ccccc2)C1. The minimum Gasteiger partial charge on any atom is -0.309 e. The van der Waals surface area contributed by atoms with E-state index in [-0.39, 0.29) is 11.8 Å². The fraction of sp³-hybridized carbons (Fsp3) is 0.103. The first kappa shape index (κ1) is 22.1. The van der Waals surface area contributed by atoms with Crippen molar-refractivity contribution < 1.29 is 4.79 Å². The van der Waals surface area contributed by atoms with Crippen molar-refractivity contribution in [1.82, 2.24) is 9.99 Å². The Labute approximate surface area is 207 Å². The summed E-state index contributed by atoms with van der Waals surface area (Å²) < 4.78 is 3.27. The zero-order valence-electron chi connectivity index (χ0n) is 18.6. The third kappa shape index (κ3) is 4.52. The molecule has 168 valence electrons. The van der Waals surface area contributed by atoms with Gasteiger partial charge in [-0.3, -0.25) is 4.79 Å². The summed E-state index contributed by atoms with van der Waals surface area (Å²) in [6, 6.07) is 30.9. The molecule has 1 fully saturated rings. The van der Waals surface area contributed by atoms with Crippen LogP contribution in [-0.2, 0) is 4.79 Å². The lowest BCUT2D eigenvalue weighted by molar-refractivity contribution is -0.126. The summed E-state index contributed by atoms with van der Waals surface area (Å²) >= 11 is 3.55. The largest absolute Gasteiger partial charge is 0.309 e. The summed E-state index contributed by atoms with van der Waals surface area (Å²) in [5.41, 5.74) is 10.0. The van der Waals surface area contributed by atoms with Crippen molar-refractivity contribution >= 4 is 28.1 Å². The Morgan fingerprint density at radius 2 is 1.56 bits per heavy atom. The first-order valence-corrected chi connectivity index (χ1v) is 12.0. The molecular weight excluding hydrogens is 486 g/mol. The van der Waals surface area contributed by atoms with E-state index < -0.39 is 0 Å². The number of rotatable bonds is 6. The van der Waals surface area contributed by atoms with Crippen LogP contribution < -0.4 is 5.43 Å². The number of amides is 1. The quantitative estimate of drug-likeness (QED) is 0.170. The van der Waals surface area contributed by atoms with Crippen molar-refractivity contribution in [1.29, 1.82) is 0 Å². The summed E-state index contributed by atoms with van der Waals surface area (Å²) in [6.07, 6.45) is 3.24. The van der Waals surface area contributed by atoms with Crippen molar-refractivity contribution in [2.24, 2.45) is 11.0 Å². The molecule has 1 saturated carbocycles. The molecule has 0 spiro atoms. The predicted molar refractivity (Wildman–Crippen MR) is 142 cm³/mol. The predicted octanol–water partition coefficient (Wildman–Crippen LogP) is 6.99. The zero-order valence-corrected chi connectivity index (χ0v) is 20.2. The van der Waals surface area contributed by atoms with Crippen LogP contribution in [0.1, 0.15) is 18.4 Å². The highest BCUT2D eigenvalue weighted by Crippen LogP contribution is 2.36. The molecule has 1 heterocycles. The zero-order chi connectivity index (χ0) is 23.5. The first-order valence-electron chi connectivity index (χ1n) is 11.2. The Kier molecular flexibility index (Phi) is 6.28. The van der Waals surface area contributed by atoms with Crippen LogP contribution in [0.15, 0.2) is 113 Å². The third-order valence-corrected chi connectivity index (χ3v) is 6.58. The molecule has 1 N–H and O–H groups in total. The van der Waals surface area contributed by atoms with Crippen LogP contribution in [0.4, 0.5) is 0 Å². The van der Waals surface area contributed by atoms with Gasteiger partial charge in [-0.05, 0) is 54.3 Å². The molecule has 1 amide bonds. The molecule has 0 aliphatic heterocycles. The standard InChI is InChI=1S/C29H24BrN3O/c1-20-16-23(17-20)29(34)32-31-19-24-18-27(21-8-4-2-5-9-21)33(26-14-12-25(30)13-15-26)28(24)22-10-6-3-7-11-22/h2-15,18-19,23H,1,16-17H2,(H,32,34)/b31-19+. The van der Waals surface area contributed by atoms with Crippen LogP contribution in [0.25, 0.3) is 28.2 Å². The molecule has 3 aromatic carbocycles. The molecule has 0 radical (unpaired) electrons. The summed E-state index contributed by atoms with van der Waals surface area (Å²) in [6.45, 7) is 3.92. The van der Waals surface area contributed by atoms with Crippen LogP contribution >= 0.6 is 15.9 Å². The summed E-state index contributed by atoms with van der Waals surface area (Å²) in [5, 5.41) is 4.34. The molecule has 1 aliphatic carbocycles. The maximum absolute atomic E-state index is 12.4. The van der Waals surface area contributed by atoms with Crippen LogP contribution in [0.5, 0.6) is 0 Å². The van der Waals surface area contributed by atoms with E-state index in [1.54, 1.807) is 6.21 Å². The number of hydrogen-bond donors (Lipinski definition) is 1. The lowest BCUT2D eigenvalue weighted by atomic mass is 9.81. The summed E-state index contributed by atoms with van der Waals surface area (Å²) in [5.74, 6) is -0.0778. The van der Waals surface area contributed by atoms with Crippen LogP contribution in [-0.4, -0.2) is 16.7 Å². The van der Waals surface area contributed by atoms with Crippen molar-refractivity contribution in [3.8, 4) is 28.2 Å². The average molecular weight is 510 g/mol. The van der Waals surface area contributed by atoms with Gasteiger partial charge in [0.2, 0.25) is 5.91 Å². The molecule has 34 heavy (non-hydrogen) atoms. The molecule has 5 heteroatoms. The van der Waals surface area contributed by atoms with E-state index >= 15 is 0 Å². The molecule has 1 aliphatic rings. The normalized spacial score (nSPS) is 13.7. The second kappa shape index (κ2) is 9.65. The second-order valence-corrected chi connectivity index (χ2v) is 9.38. The van der Waals surface area contributed by atoms with Gasteiger partial charge in [0.1, 0.15) is 0 Å². The van der Waals surface area contributed by atoms with Gasteiger partial charge >= 0.3 is 0 Å². The first-order chi connectivity index (χ1) is 16.6. The van der Waals surface area contributed by atoms with E-state index in [1.165, 1.54) is 0 Å². The molecule has 4 nitrogen and oxygen atoms in total. The van der Waals surface area contributed by atoms with Crippen molar-refractivity contribution in [2.45, 2.75) is 12.8 Å². The molecule has 1 aromatic heterocycles. The molecule has 5 rings (SSSR count). The lowest BCUT2D eigenvalue weighted by Gasteiger charge is -2.25. The van der Waals surface area contributed by atoms with Crippen LogP contribution in [0.2, 0.25) is 0 Å². The minimum atomic E-state index is -0.0551. The highest BCUT2D eigenvalue weighted by molar-refractivity contribution is 9.10. The van der Waals surface area contributed by atoms with Gasteiger partial charge in [-0.25, -0.2) is 5.43 Å². The smallest absolute Gasteiger partial charge is 0.243 e. The van der Waals surface area contributed by atoms with E-state index in [1.807, 2.05) is 48.5 Å². The number of aromatic nitrogens is 1. The maximum atomic E-state index is 12.4. The Bertz CT molecular complexity index is 1350. The van der Waals surface area contributed by atoms with Gasteiger partial charge in [0, 0.05) is 21.6 Å². The van der Waals surface area contributed by atoms with Gasteiger partial charge in [0.15, 0.2) is 0 Å².